The first kappa shape index (κ1) is 24.2. The van der Waals surface area contributed by atoms with Crippen molar-refractivity contribution in [3.05, 3.63) is 12.2 Å². The average Bonchev–Trinajstić information content (AvgIpc) is 2.99. The van der Waals surface area contributed by atoms with Crippen LogP contribution in [0.3, 0.4) is 0 Å². The van der Waals surface area contributed by atoms with Gasteiger partial charge in [0.25, 0.3) is 0 Å². The van der Waals surface area contributed by atoms with Gasteiger partial charge in [0.05, 0.1) is 12.1 Å². The van der Waals surface area contributed by atoms with E-state index >= 15 is 0 Å². The quantitative estimate of drug-likeness (QED) is 0.299. The zero-order valence-electron chi connectivity index (χ0n) is 17.7. The second-order valence-corrected chi connectivity index (χ2v) is 7.95. The fourth-order valence-electron chi connectivity index (χ4n) is 3.61. The molecule has 1 saturated heterocycles. The molecule has 3 atom stereocenters. The Hall–Kier alpha value is -1.80. The molecule has 0 aromatic rings. The summed E-state index contributed by atoms with van der Waals surface area (Å²) in [4.78, 5) is 24.6. The number of rotatable bonds is 12. The Morgan fingerprint density at radius 2 is 1.96 bits per heavy atom. The summed E-state index contributed by atoms with van der Waals surface area (Å²) in [6.45, 7) is 6.92. The number of aliphatic hydroxyl groups is 1. The minimum Gasteiger partial charge on any atom is -0.481 e. The van der Waals surface area contributed by atoms with Gasteiger partial charge < -0.3 is 15.1 Å². The smallest absolute Gasteiger partial charge is 0.303 e. The molecule has 0 spiro atoms. The first-order chi connectivity index (χ1) is 13.4. The van der Waals surface area contributed by atoms with Crippen molar-refractivity contribution in [1.82, 2.24) is 4.90 Å². The highest BCUT2D eigenvalue weighted by atomic mass is 16.4. The van der Waals surface area contributed by atoms with E-state index in [1.54, 1.807) is 0 Å². The van der Waals surface area contributed by atoms with Gasteiger partial charge in [-0.05, 0) is 25.2 Å². The molecule has 5 heteroatoms. The third-order valence-corrected chi connectivity index (χ3v) is 5.38. The number of hydrogen-bond donors (Lipinski definition) is 2. The van der Waals surface area contributed by atoms with Crippen molar-refractivity contribution in [1.29, 1.82) is 0 Å². The third-order valence-electron chi connectivity index (χ3n) is 5.38. The van der Waals surface area contributed by atoms with E-state index in [0.717, 1.165) is 32.1 Å². The minimum atomic E-state index is -0.751. The van der Waals surface area contributed by atoms with E-state index in [9.17, 15) is 14.7 Å². The predicted octanol–water partition coefficient (Wildman–Crippen LogP) is 4.01. The number of aliphatic hydroxyl groups excluding tert-OH is 1. The summed E-state index contributed by atoms with van der Waals surface area (Å²) in [6.07, 6.45) is 9.74. The van der Waals surface area contributed by atoms with Gasteiger partial charge in [0, 0.05) is 38.1 Å². The number of carbonyl (C=O) groups is 2. The largest absolute Gasteiger partial charge is 0.481 e. The van der Waals surface area contributed by atoms with Crippen LogP contribution in [0.25, 0.3) is 0 Å². The fourth-order valence-corrected chi connectivity index (χ4v) is 3.61. The molecule has 28 heavy (non-hydrogen) atoms. The minimum absolute atomic E-state index is 0.0516. The van der Waals surface area contributed by atoms with Crippen LogP contribution >= 0.6 is 0 Å². The lowest BCUT2D eigenvalue weighted by molar-refractivity contribution is -0.137. The molecule has 0 aromatic heterocycles. The van der Waals surface area contributed by atoms with Crippen molar-refractivity contribution < 1.29 is 19.8 Å². The van der Waals surface area contributed by atoms with E-state index in [-0.39, 0.29) is 24.3 Å². The van der Waals surface area contributed by atoms with Gasteiger partial charge in [0.1, 0.15) is 0 Å². The average molecular weight is 392 g/mol. The van der Waals surface area contributed by atoms with E-state index in [2.05, 4.69) is 25.7 Å². The van der Waals surface area contributed by atoms with Crippen molar-refractivity contribution in [2.24, 2.45) is 11.8 Å². The van der Waals surface area contributed by atoms with Crippen LogP contribution in [0, 0.1) is 23.7 Å². The number of hydrogen-bond acceptors (Lipinski definition) is 3. The molecule has 1 fully saturated rings. The zero-order chi connectivity index (χ0) is 20.9. The van der Waals surface area contributed by atoms with Crippen LogP contribution in [-0.2, 0) is 9.59 Å². The summed E-state index contributed by atoms with van der Waals surface area (Å²) in [5.41, 5.74) is 0. The molecule has 0 aromatic carbocycles. The topological polar surface area (TPSA) is 77.8 Å². The lowest BCUT2D eigenvalue weighted by Crippen LogP contribution is -2.33. The SMILES string of the molecule is CCC#CC[C@H](C(C)C)[C@H](O)C=CC1CCC(=O)N1CCCCCCC(=O)O. The molecule has 1 amide bonds. The van der Waals surface area contributed by atoms with Crippen molar-refractivity contribution in [3.63, 3.8) is 0 Å². The van der Waals surface area contributed by atoms with Crippen molar-refractivity contribution in [2.45, 2.75) is 90.7 Å². The van der Waals surface area contributed by atoms with Crippen LogP contribution in [-0.4, -0.2) is 45.7 Å². The number of nitrogens with zero attached hydrogens (tertiary/aromatic N) is 1. The molecule has 1 unspecified atom stereocenters. The van der Waals surface area contributed by atoms with E-state index in [0.29, 0.717) is 31.7 Å². The lowest BCUT2D eigenvalue weighted by atomic mass is 9.87. The number of unbranched alkanes of at least 4 members (excludes halogenated alkanes) is 3. The second kappa shape index (κ2) is 13.4. The summed E-state index contributed by atoms with van der Waals surface area (Å²) in [6, 6.07) is 0.0516. The van der Waals surface area contributed by atoms with Gasteiger partial charge in [0.15, 0.2) is 0 Å². The Bertz CT molecular complexity index is 573. The number of carboxylic acids is 1. The molecule has 2 N–H and O–H groups in total. The molecule has 5 nitrogen and oxygen atoms in total. The van der Waals surface area contributed by atoms with Gasteiger partial charge in [-0.3, -0.25) is 9.59 Å². The first-order valence-corrected chi connectivity index (χ1v) is 10.7. The summed E-state index contributed by atoms with van der Waals surface area (Å²) in [7, 11) is 0. The van der Waals surface area contributed by atoms with Gasteiger partial charge in [-0.2, -0.15) is 0 Å². The van der Waals surface area contributed by atoms with Crippen LogP contribution in [0.4, 0.5) is 0 Å². The molecule has 0 radical (unpaired) electrons. The summed E-state index contributed by atoms with van der Waals surface area (Å²) in [5, 5.41) is 19.3. The number of aliphatic carboxylic acids is 1. The van der Waals surface area contributed by atoms with Gasteiger partial charge in [-0.1, -0.05) is 45.8 Å². The molecular weight excluding hydrogens is 354 g/mol. The van der Waals surface area contributed by atoms with Crippen LogP contribution in [0.1, 0.15) is 78.6 Å². The van der Waals surface area contributed by atoms with Crippen molar-refractivity contribution >= 4 is 11.9 Å². The number of carboxylic acid groups (broad SMARTS) is 1. The standard InChI is InChI=1S/C23H37NO4/c1-4-5-8-11-20(18(2)3)21(25)15-13-19-14-16-22(26)24(19)17-10-7-6-9-12-23(27)28/h13,15,18-21,25H,4,6-7,9-12,14,16-17H2,1-3H3,(H,27,28)/t19?,20-,21-/m1/s1. The molecule has 158 valence electrons. The van der Waals surface area contributed by atoms with E-state index < -0.39 is 12.1 Å². The monoisotopic (exact) mass is 391 g/mol. The molecule has 1 rings (SSSR count). The number of likely N-dealkylation sites (tertiary alicyclic amines) is 1. The molecule has 0 saturated carbocycles. The lowest BCUT2D eigenvalue weighted by Gasteiger charge is -2.25. The maximum Gasteiger partial charge on any atom is 0.303 e. The van der Waals surface area contributed by atoms with Gasteiger partial charge in [-0.25, -0.2) is 0 Å². The van der Waals surface area contributed by atoms with E-state index in [1.807, 2.05) is 24.0 Å². The number of amides is 1. The second-order valence-electron chi connectivity index (χ2n) is 7.95. The molecule has 1 heterocycles. The molecular formula is C23H37NO4. The maximum absolute atomic E-state index is 12.2. The Balaban J connectivity index is 2.52. The maximum atomic E-state index is 12.2. The van der Waals surface area contributed by atoms with Crippen LogP contribution in [0.15, 0.2) is 12.2 Å². The Labute approximate surface area is 170 Å². The van der Waals surface area contributed by atoms with Crippen LogP contribution < -0.4 is 0 Å². The van der Waals surface area contributed by atoms with E-state index in [4.69, 9.17) is 5.11 Å². The van der Waals surface area contributed by atoms with Crippen molar-refractivity contribution in [3.8, 4) is 11.8 Å². The normalized spacial score (nSPS) is 19.1. The molecule has 1 aliphatic heterocycles. The summed E-state index contributed by atoms with van der Waals surface area (Å²) in [5.74, 6) is 6.06. The Kier molecular flexibility index (Phi) is 11.6. The highest BCUT2D eigenvalue weighted by molar-refractivity contribution is 5.79. The molecule has 0 bridgehead atoms. The predicted molar refractivity (Wildman–Crippen MR) is 112 cm³/mol. The molecule has 1 aliphatic rings. The number of carbonyl (C=O) groups excluding carboxylic acids is 1. The highest BCUT2D eigenvalue weighted by Gasteiger charge is 2.29. The summed E-state index contributed by atoms with van der Waals surface area (Å²) >= 11 is 0. The van der Waals surface area contributed by atoms with Crippen LogP contribution in [0.5, 0.6) is 0 Å². The van der Waals surface area contributed by atoms with Crippen molar-refractivity contribution in [2.75, 3.05) is 6.54 Å². The Morgan fingerprint density at radius 1 is 1.25 bits per heavy atom. The van der Waals surface area contributed by atoms with E-state index in [1.165, 1.54) is 0 Å². The van der Waals surface area contributed by atoms with Gasteiger partial charge in [-0.15, -0.1) is 11.8 Å². The van der Waals surface area contributed by atoms with Gasteiger partial charge in [0.2, 0.25) is 5.91 Å². The summed E-state index contributed by atoms with van der Waals surface area (Å²) < 4.78 is 0. The fraction of sp³-hybridized carbons (Fsp3) is 0.739. The first-order valence-electron chi connectivity index (χ1n) is 10.7. The zero-order valence-corrected chi connectivity index (χ0v) is 17.7. The van der Waals surface area contributed by atoms with Crippen LogP contribution in [0.2, 0.25) is 0 Å². The highest BCUT2D eigenvalue weighted by Crippen LogP contribution is 2.24. The third kappa shape index (κ3) is 8.93. The van der Waals surface area contributed by atoms with Gasteiger partial charge >= 0.3 is 5.97 Å². The Morgan fingerprint density at radius 3 is 2.61 bits per heavy atom. The molecule has 0 aliphatic carbocycles.